The van der Waals surface area contributed by atoms with Crippen molar-refractivity contribution < 1.29 is 9.52 Å². The van der Waals surface area contributed by atoms with Crippen molar-refractivity contribution in [1.29, 1.82) is 0 Å². The number of aliphatic hydroxyl groups excluding tert-OH is 1. The Morgan fingerprint density at radius 3 is 2.79 bits per heavy atom. The molecule has 1 aromatic carbocycles. The highest BCUT2D eigenvalue weighted by Gasteiger charge is 2.17. The molecule has 19 heavy (non-hydrogen) atoms. The summed E-state index contributed by atoms with van der Waals surface area (Å²) >= 11 is 8.29. The lowest BCUT2D eigenvalue weighted by atomic mass is 10.0. The van der Waals surface area contributed by atoms with Crippen molar-refractivity contribution in [2.75, 3.05) is 0 Å². The van der Waals surface area contributed by atoms with Gasteiger partial charge in [-0.25, -0.2) is 4.79 Å². The predicted molar refractivity (Wildman–Crippen MR) is 80.6 cm³/mol. The molecule has 2 N–H and O–H groups in total. The van der Waals surface area contributed by atoms with E-state index < -0.39 is 11.9 Å². The molecule has 0 aliphatic carbocycles. The molecule has 0 aliphatic rings. The Hall–Kier alpha value is -0.890. The van der Waals surface area contributed by atoms with Crippen LogP contribution in [0, 0.1) is 0 Å². The minimum Gasteiger partial charge on any atom is -0.408 e. The van der Waals surface area contributed by atoms with Gasteiger partial charge < -0.3 is 9.52 Å². The van der Waals surface area contributed by atoms with E-state index >= 15 is 0 Å². The Labute approximate surface area is 128 Å². The molecular formula is C12H7Br2NO3S. The van der Waals surface area contributed by atoms with Gasteiger partial charge >= 0.3 is 5.76 Å². The monoisotopic (exact) mass is 403 g/mol. The molecule has 3 rings (SSSR count). The lowest BCUT2D eigenvalue weighted by molar-refractivity contribution is 0.220. The van der Waals surface area contributed by atoms with Crippen LogP contribution in [0.25, 0.3) is 11.1 Å². The average molecular weight is 405 g/mol. The van der Waals surface area contributed by atoms with Crippen molar-refractivity contribution in [2.45, 2.75) is 6.10 Å². The second kappa shape index (κ2) is 4.90. The van der Waals surface area contributed by atoms with E-state index in [1.54, 1.807) is 18.2 Å². The summed E-state index contributed by atoms with van der Waals surface area (Å²) in [6.07, 6.45) is -0.776. The zero-order valence-corrected chi connectivity index (χ0v) is 13.3. The SMILES string of the molecule is O=c1[nH]c2ccc(C(O)c3cc(Br)sc3Br)cc2o1. The number of fused-ring (bicyclic) bond motifs is 1. The molecule has 0 bridgehead atoms. The van der Waals surface area contributed by atoms with Crippen molar-refractivity contribution in [2.24, 2.45) is 0 Å². The third kappa shape index (κ3) is 2.43. The van der Waals surface area contributed by atoms with Crippen LogP contribution in [0.3, 0.4) is 0 Å². The summed E-state index contributed by atoms with van der Waals surface area (Å²) < 4.78 is 6.79. The van der Waals surface area contributed by atoms with Gasteiger partial charge in [0.2, 0.25) is 0 Å². The highest BCUT2D eigenvalue weighted by atomic mass is 79.9. The molecule has 3 aromatic rings. The minimum absolute atomic E-state index is 0.437. The van der Waals surface area contributed by atoms with Gasteiger partial charge in [-0.2, -0.15) is 0 Å². The Bertz CT molecular complexity index is 805. The van der Waals surface area contributed by atoms with E-state index in [1.165, 1.54) is 11.3 Å². The van der Waals surface area contributed by atoms with Gasteiger partial charge in [0.1, 0.15) is 6.10 Å². The van der Waals surface area contributed by atoms with Crippen molar-refractivity contribution in [3.05, 3.63) is 53.5 Å². The second-order valence-electron chi connectivity index (χ2n) is 3.95. The van der Waals surface area contributed by atoms with E-state index in [0.717, 1.165) is 13.1 Å². The standard InChI is InChI=1S/C12H7Br2NO3S/c13-9-4-6(11(14)19-9)10(16)5-1-2-7-8(3-5)18-12(17)15-7/h1-4,10,16H,(H,15,17). The number of oxazole rings is 1. The first-order chi connectivity index (χ1) is 9.04. The summed E-state index contributed by atoms with van der Waals surface area (Å²) in [6.45, 7) is 0. The molecule has 0 spiro atoms. The fourth-order valence-electron chi connectivity index (χ4n) is 1.85. The Morgan fingerprint density at radius 1 is 1.32 bits per heavy atom. The molecule has 0 radical (unpaired) electrons. The van der Waals surface area contributed by atoms with Gasteiger partial charge in [-0.05, 0) is 55.6 Å². The molecule has 0 aliphatic heterocycles. The van der Waals surface area contributed by atoms with Crippen LogP contribution in [0.2, 0.25) is 0 Å². The van der Waals surface area contributed by atoms with Crippen LogP contribution in [-0.2, 0) is 0 Å². The highest BCUT2D eigenvalue weighted by Crippen LogP contribution is 2.38. The van der Waals surface area contributed by atoms with Crippen LogP contribution in [0.15, 0.2) is 41.0 Å². The van der Waals surface area contributed by atoms with E-state index in [2.05, 4.69) is 36.8 Å². The number of hydrogen-bond acceptors (Lipinski definition) is 4. The maximum atomic E-state index is 11.1. The van der Waals surface area contributed by atoms with Gasteiger partial charge in [-0.3, -0.25) is 4.98 Å². The summed E-state index contributed by atoms with van der Waals surface area (Å²) in [5, 5.41) is 10.4. The first-order valence-electron chi connectivity index (χ1n) is 5.30. The molecule has 2 heterocycles. The molecule has 4 nitrogen and oxygen atoms in total. The summed E-state index contributed by atoms with van der Waals surface area (Å²) in [5.41, 5.74) is 2.49. The number of aromatic amines is 1. The van der Waals surface area contributed by atoms with Gasteiger partial charge in [0.15, 0.2) is 5.58 Å². The van der Waals surface area contributed by atoms with Crippen LogP contribution in [0.5, 0.6) is 0 Å². The van der Waals surface area contributed by atoms with Gasteiger partial charge in [-0.15, -0.1) is 11.3 Å². The number of nitrogens with one attached hydrogen (secondary N) is 1. The number of aliphatic hydroxyl groups is 1. The maximum Gasteiger partial charge on any atom is 0.417 e. The summed E-state index contributed by atoms with van der Waals surface area (Å²) in [4.78, 5) is 13.7. The topological polar surface area (TPSA) is 66.2 Å². The molecule has 1 atom stereocenters. The fourth-order valence-corrected chi connectivity index (χ4v) is 4.73. The zero-order valence-electron chi connectivity index (χ0n) is 9.31. The first-order valence-corrected chi connectivity index (χ1v) is 7.70. The van der Waals surface area contributed by atoms with Gasteiger partial charge in [0.05, 0.1) is 13.1 Å². The number of thiophene rings is 1. The van der Waals surface area contributed by atoms with Crippen molar-refractivity contribution in [1.82, 2.24) is 4.98 Å². The number of aromatic nitrogens is 1. The van der Waals surface area contributed by atoms with Crippen LogP contribution in [-0.4, -0.2) is 10.1 Å². The lowest BCUT2D eigenvalue weighted by Gasteiger charge is -2.09. The quantitative estimate of drug-likeness (QED) is 0.682. The van der Waals surface area contributed by atoms with Gasteiger partial charge in [0, 0.05) is 5.56 Å². The second-order valence-corrected chi connectivity index (χ2v) is 7.70. The molecule has 7 heteroatoms. The molecule has 0 amide bonds. The Balaban J connectivity index is 2.08. The van der Waals surface area contributed by atoms with Crippen LogP contribution < -0.4 is 5.76 Å². The maximum absolute atomic E-state index is 11.1. The molecular weight excluding hydrogens is 398 g/mol. The highest BCUT2D eigenvalue weighted by molar-refractivity contribution is 9.12. The smallest absolute Gasteiger partial charge is 0.408 e. The Morgan fingerprint density at radius 2 is 2.11 bits per heavy atom. The zero-order chi connectivity index (χ0) is 13.6. The van der Waals surface area contributed by atoms with E-state index in [4.69, 9.17) is 4.42 Å². The summed E-state index contributed by atoms with van der Waals surface area (Å²) in [7, 11) is 0. The number of halogens is 2. The van der Waals surface area contributed by atoms with Crippen molar-refractivity contribution in [3.8, 4) is 0 Å². The molecule has 0 saturated carbocycles. The number of benzene rings is 1. The van der Waals surface area contributed by atoms with E-state index in [0.29, 0.717) is 16.7 Å². The minimum atomic E-state index is -0.776. The molecule has 2 aromatic heterocycles. The lowest BCUT2D eigenvalue weighted by Crippen LogP contribution is -1.98. The Kier molecular flexibility index (Phi) is 3.38. The summed E-state index contributed by atoms with van der Waals surface area (Å²) in [6, 6.07) is 7.00. The van der Waals surface area contributed by atoms with Gasteiger partial charge in [-0.1, -0.05) is 6.07 Å². The van der Waals surface area contributed by atoms with E-state index in [1.807, 2.05) is 6.07 Å². The normalized spacial score (nSPS) is 13.0. The van der Waals surface area contributed by atoms with Crippen LogP contribution in [0.1, 0.15) is 17.2 Å². The van der Waals surface area contributed by atoms with Crippen LogP contribution >= 0.6 is 43.2 Å². The number of rotatable bonds is 2. The molecule has 1 unspecified atom stereocenters. The first kappa shape index (κ1) is 13.1. The third-order valence-corrected chi connectivity index (χ3v) is 5.12. The van der Waals surface area contributed by atoms with E-state index in [9.17, 15) is 9.90 Å². The van der Waals surface area contributed by atoms with Crippen molar-refractivity contribution >= 4 is 54.3 Å². The average Bonchev–Trinajstić information content (AvgIpc) is 2.88. The molecule has 98 valence electrons. The van der Waals surface area contributed by atoms with Crippen LogP contribution in [0.4, 0.5) is 0 Å². The number of hydrogen-bond donors (Lipinski definition) is 2. The number of H-pyrrole nitrogens is 1. The van der Waals surface area contributed by atoms with Crippen molar-refractivity contribution in [3.63, 3.8) is 0 Å². The predicted octanol–water partition coefficient (Wildman–Crippen LogP) is 3.79. The third-order valence-electron chi connectivity index (χ3n) is 2.74. The van der Waals surface area contributed by atoms with E-state index in [-0.39, 0.29) is 0 Å². The fraction of sp³-hybridized carbons (Fsp3) is 0.0833. The van der Waals surface area contributed by atoms with Gasteiger partial charge in [0.25, 0.3) is 0 Å². The largest absolute Gasteiger partial charge is 0.417 e. The molecule has 0 saturated heterocycles. The molecule has 0 fully saturated rings. The summed E-state index contributed by atoms with van der Waals surface area (Å²) in [5.74, 6) is -0.499.